The van der Waals surface area contributed by atoms with Crippen LogP contribution in [0.4, 0.5) is 0 Å². The summed E-state index contributed by atoms with van der Waals surface area (Å²) in [4.78, 5) is 10.3. The van der Waals surface area contributed by atoms with Crippen LogP contribution in [0.1, 0.15) is 6.42 Å². The van der Waals surface area contributed by atoms with Crippen molar-refractivity contribution in [2.45, 2.75) is 6.42 Å². The Hall–Kier alpha value is -1.02. The standard InChI is InChI=1S/C8H7ClO2/c9-8-6(4-10)2-1-3-7(8)5-11/h1-2,4-5,10H,3H2/b6-4+. The molecule has 0 radical (unpaired) electrons. The van der Waals surface area contributed by atoms with E-state index in [1.165, 1.54) is 0 Å². The summed E-state index contributed by atoms with van der Waals surface area (Å²) < 4.78 is 0. The summed E-state index contributed by atoms with van der Waals surface area (Å²) in [6.45, 7) is 0. The number of aldehydes is 1. The molecule has 0 aromatic heterocycles. The lowest BCUT2D eigenvalue weighted by molar-refractivity contribution is -0.105. The van der Waals surface area contributed by atoms with Crippen LogP contribution in [-0.2, 0) is 4.79 Å². The SMILES string of the molecule is O=CC1=C(Cl)/C(=C/O)C=CC1. The van der Waals surface area contributed by atoms with Crippen molar-refractivity contribution in [3.8, 4) is 0 Å². The summed E-state index contributed by atoms with van der Waals surface area (Å²) in [5, 5.41) is 8.96. The van der Waals surface area contributed by atoms with E-state index in [0.29, 0.717) is 28.9 Å². The Balaban J connectivity index is 3.03. The van der Waals surface area contributed by atoms with Gasteiger partial charge in [0.2, 0.25) is 0 Å². The molecule has 11 heavy (non-hydrogen) atoms. The molecule has 3 heteroatoms. The molecule has 0 fully saturated rings. The van der Waals surface area contributed by atoms with E-state index in [2.05, 4.69) is 0 Å². The highest BCUT2D eigenvalue weighted by Gasteiger charge is 2.09. The average Bonchev–Trinajstić information content (AvgIpc) is 2.05. The van der Waals surface area contributed by atoms with Crippen LogP contribution in [0.15, 0.2) is 34.6 Å². The molecule has 0 amide bonds. The van der Waals surface area contributed by atoms with Crippen molar-refractivity contribution in [1.82, 2.24) is 0 Å². The minimum atomic E-state index is 0.338. The molecule has 2 nitrogen and oxygen atoms in total. The van der Waals surface area contributed by atoms with Crippen LogP contribution in [0.25, 0.3) is 0 Å². The third-order valence-corrected chi connectivity index (χ3v) is 1.91. The summed E-state index contributed by atoms with van der Waals surface area (Å²) in [5.74, 6) is 0. The third kappa shape index (κ3) is 1.52. The topological polar surface area (TPSA) is 37.3 Å². The first-order valence-corrected chi connectivity index (χ1v) is 3.52. The van der Waals surface area contributed by atoms with Crippen LogP contribution in [0, 0.1) is 0 Å². The Morgan fingerprint density at radius 2 is 2.36 bits per heavy atom. The summed E-state index contributed by atoms with van der Waals surface area (Å²) in [6.07, 6.45) is 5.59. The Morgan fingerprint density at radius 3 is 2.91 bits per heavy atom. The fraction of sp³-hybridized carbons (Fsp3) is 0.125. The second kappa shape index (κ2) is 3.39. The molecule has 58 valence electrons. The molecular weight excluding hydrogens is 164 g/mol. The van der Waals surface area contributed by atoms with Gasteiger partial charge in [0.05, 0.1) is 11.3 Å². The van der Waals surface area contributed by atoms with Gasteiger partial charge in [-0.2, -0.15) is 0 Å². The minimum absolute atomic E-state index is 0.338. The first kappa shape index (κ1) is 8.08. The summed E-state index contributed by atoms with van der Waals surface area (Å²) in [5.41, 5.74) is 0.995. The Kier molecular flexibility index (Phi) is 2.49. The van der Waals surface area contributed by atoms with Crippen LogP contribution in [0.5, 0.6) is 0 Å². The van der Waals surface area contributed by atoms with E-state index in [9.17, 15) is 4.79 Å². The third-order valence-electron chi connectivity index (χ3n) is 1.45. The van der Waals surface area contributed by atoms with E-state index >= 15 is 0 Å². The largest absolute Gasteiger partial charge is 0.515 e. The smallest absolute Gasteiger partial charge is 0.147 e. The number of aliphatic hydroxyl groups is 1. The van der Waals surface area contributed by atoms with E-state index < -0.39 is 0 Å². The van der Waals surface area contributed by atoms with Crippen LogP contribution < -0.4 is 0 Å². The summed E-state index contributed by atoms with van der Waals surface area (Å²) in [6, 6.07) is 0. The Labute approximate surface area is 69.5 Å². The molecule has 0 unspecified atom stereocenters. The fourth-order valence-electron chi connectivity index (χ4n) is 0.861. The number of allylic oxidation sites excluding steroid dienone is 5. The molecule has 0 saturated heterocycles. The zero-order chi connectivity index (χ0) is 8.27. The predicted molar refractivity (Wildman–Crippen MR) is 43.4 cm³/mol. The van der Waals surface area contributed by atoms with E-state index in [0.717, 1.165) is 6.26 Å². The van der Waals surface area contributed by atoms with E-state index in [4.69, 9.17) is 16.7 Å². The molecule has 1 rings (SSSR count). The summed E-state index contributed by atoms with van der Waals surface area (Å²) in [7, 11) is 0. The predicted octanol–water partition coefficient (Wildman–Crippen LogP) is 2.08. The number of carbonyl (C=O) groups excluding carboxylic acids is 1. The Morgan fingerprint density at radius 1 is 1.64 bits per heavy atom. The Bertz CT molecular complexity index is 261. The van der Waals surface area contributed by atoms with Crippen LogP contribution in [-0.4, -0.2) is 11.4 Å². The number of aliphatic hydroxyl groups excluding tert-OH is 1. The van der Waals surface area contributed by atoms with Gasteiger partial charge in [0.1, 0.15) is 6.29 Å². The van der Waals surface area contributed by atoms with E-state index in [1.807, 2.05) is 0 Å². The lowest BCUT2D eigenvalue weighted by Gasteiger charge is -2.07. The lowest BCUT2D eigenvalue weighted by Crippen LogP contribution is -1.94. The number of rotatable bonds is 1. The maximum absolute atomic E-state index is 10.3. The molecule has 0 saturated carbocycles. The molecule has 0 aliphatic heterocycles. The zero-order valence-electron chi connectivity index (χ0n) is 5.75. The van der Waals surface area contributed by atoms with Crippen LogP contribution in [0.3, 0.4) is 0 Å². The number of carbonyl (C=O) groups is 1. The van der Waals surface area contributed by atoms with Gasteiger partial charge < -0.3 is 5.11 Å². The summed E-state index contributed by atoms with van der Waals surface area (Å²) >= 11 is 5.72. The van der Waals surface area contributed by atoms with Crippen molar-refractivity contribution in [3.05, 3.63) is 34.6 Å². The minimum Gasteiger partial charge on any atom is -0.515 e. The van der Waals surface area contributed by atoms with Gasteiger partial charge in [-0.3, -0.25) is 4.79 Å². The molecular formula is C8H7ClO2. The highest BCUT2D eigenvalue weighted by molar-refractivity contribution is 6.34. The van der Waals surface area contributed by atoms with Gasteiger partial charge in [0.25, 0.3) is 0 Å². The van der Waals surface area contributed by atoms with Crippen molar-refractivity contribution in [2.75, 3.05) is 0 Å². The fourth-order valence-corrected chi connectivity index (χ4v) is 1.09. The van der Waals surface area contributed by atoms with Crippen molar-refractivity contribution in [1.29, 1.82) is 0 Å². The average molecular weight is 171 g/mol. The number of hydrogen-bond donors (Lipinski definition) is 1. The van der Waals surface area contributed by atoms with E-state index in [-0.39, 0.29) is 0 Å². The highest BCUT2D eigenvalue weighted by atomic mass is 35.5. The molecule has 1 aliphatic rings. The quantitative estimate of drug-likeness (QED) is 0.483. The molecule has 0 spiro atoms. The van der Waals surface area contributed by atoms with Crippen LogP contribution in [0.2, 0.25) is 0 Å². The van der Waals surface area contributed by atoms with Gasteiger partial charge in [0, 0.05) is 11.1 Å². The number of hydrogen-bond acceptors (Lipinski definition) is 2. The van der Waals surface area contributed by atoms with Crippen molar-refractivity contribution < 1.29 is 9.90 Å². The van der Waals surface area contributed by atoms with Crippen LogP contribution >= 0.6 is 11.6 Å². The van der Waals surface area contributed by atoms with Gasteiger partial charge in [-0.25, -0.2) is 0 Å². The van der Waals surface area contributed by atoms with Gasteiger partial charge in [-0.15, -0.1) is 0 Å². The van der Waals surface area contributed by atoms with Crippen molar-refractivity contribution in [3.63, 3.8) is 0 Å². The molecule has 0 aromatic carbocycles. The molecule has 0 atom stereocenters. The van der Waals surface area contributed by atoms with E-state index in [1.54, 1.807) is 12.2 Å². The molecule has 0 heterocycles. The monoisotopic (exact) mass is 170 g/mol. The highest BCUT2D eigenvalue weighted by Crippen LogP contribution is 2.25. The zero-order valence-corrected chi connectivity index (χ0v) is 6.51. The van der Waals surface area contributed by atoms with Gasteiger partial charge in [-0.05, 0) is 6.42 Å². The van der Waals surface area contributed by atoms with Crippen molar-refractivity contribution >= 4 is 17.9 Å². The first-order valence-electron chi connectivity index (χ1n) is 3.14. The maximum Gasteiger partial charge on any atom is 0.147 e. The first-order chi connectivity index (χ1) is 5.29. The normalized spacial score (nSPS) is 21.0. The number of halogens is 1. The molecule has 1 aliphatic carbocycles. The van der Waals surface area contributed by atoms with Crippen molar-refractivity contribution in [2.24, 2.45) is 0 Å². The molecule has 0 aromatic rings. The maximum atomic E-state index is 10.3. The lowest BCUT2D eigenvalue weighted by atomic mass is 10.0. The molecule has 0 bridgehead atoms. The van der Waals surface area contributed by atoms with Gasteiger partial charge in [-0.1, -0.05) is 23.8 Å². The second-order valence-corrected chi connectivity index (χ2v) is 2.53. The molecule has 1 N–H and O–H groups in total. The van der Waals surface area contributed by atoms with Gasteiger partial charge in [0.15, 0.2) is 0 Å². The second-order valence-electron chi connectivity index (χ2n) is 2.15. The van der Waals surface area contributed by atoms with Gasteiger partial charge >= 0.3 is 0 Å².